The summed E-state index contributed by atoms with van der Waals surface area (Å²) in [4.78, 5) is 0. The number of benzene rings is 1. The molecule has 0 aliphatic rings. The summed E-state index contributed by atoms with van der Waals surface area (Å²) in [6.07, 6.45) is 2.35. The normalized spacial score (nSPS) is 12.7. The summed E-state index contributed by atoms with van der Waals surface area (Å²) >= 11 is 3.33. The third-order valence-electron chi connectivity index (χ3n) is 2.44. The van der Waals surface area contributed by atoms with Gasteiger partial charge in [-0.1, -0.05) is 35.3 Å². The van der Waals surface area contributed by atoms with Gasteiger partial charge >= 0.3 is 0 Å². The van der Waals surface area contributed by atoms with Crippen LogP contribution in [-0.4, -0.2) is 11.7 Å². The molecule has 1 aromatic carbocycles. The molecule has 0 aromatic heterocycles. The Morgan fingerprint density at radius 2 is 2.20 bits per heavy atom. The highest BCUT2D eigenvalue weighted by molar-refractivity contribution is 9.10. The minimum atomic E-state index is 0.199. The lowest BCUT2D eigenvalue weighted by Gasteiger charge is -2.15. The maximum atomic E-state index is 9.75. The maximum absolute atomic E-state index is 9.75. The monoisotopic (exact) mass is 271 g/mol. The molecular weight excluding hydrogens is 254 g/mol. The number of phenolic OH excluding ortho intramolecular Hbond substituents is 1. The van der Waals surface area contributed by atoms with E-state index in [9.17, 15) is 5.11 Å². The lowest BCUT2D eigenvalue weighted by molar-refractivity contribution is 0.451. The van der Waals surface area contributed by atoms with Gasteiger partial charge in [0.2, 0.25) is 0 Å². The van der Waals surface area contributed by atoms with Crippen molar-refractivity contribution in [3.05, 3.63) is 28.2 Å². The highest BCUT2D eigenvalue weighted by Crippen LogP contribution is 2.27. The van der Waals surface area contributed by atoms with Gasteiger partial charge in [0, 0.05) is 16.1 Å². The Morgan fingerprint density at radius 1 is 1.47 bits per heavy atom. The van der Waals surface area contributed by atoms with Crippen LogP contribution in [0.3, 0.4) is 0 Å². The van der Waals surface area contributed by atoms with Gasteiger partial charge in [0.05, 0.1) is 0 Å². The summed E-state index contributed by atoms with van der Waals surface area (Å²) in [5, 5.41) is 13.1. The number of hydrogen-bond donors (Lipinski definition) is 2. The van der Waals surface area contributed by atoms with E-state index in [2.05, 4.69) is 35.1 Å². The molecule has 0 aliphatic carbocycles. The van der Waals surface area contributed by atoms with Crippen molar-refractivity contribution >= 4 is 15.9 Å². The van der Waals surface area contributed by atoms with Crippen molar-refractivity contribution < 1.29 is 5.11 Å². The number of phenols is 1. The molecule has 0 amide bonds. The first-order valence-electron chi connectivity index (χ1n) is 5.37. The van der Waals surface area contributed by atoms with Gasteiger partial charge in [0.1, 0.15) is 5.75 Å². The van der Waals surface area contributed by atoms with E-state index in [-0.39, 0.29) is 6.04 Å². The lowest BCUT2D eigenvalue weighted by atomic mass is 10.1. The topological polar surface area (TPSA) is 32.3 Å². The van der Waals surface area contributed by atoms with Crippen molar-refractivity contribution in [2.45, 2.75) is 32.7 Å². The molecule has 1 rings (SSSR count). The summed E-state index contributed by atoms with van der Waals surface area (Å²) in [6.45, 7) is 5.23. The molecule has 0 fully saturated rings. The predicted molar refractivity (Wildman–Crippen MR) is 67.1 cm³/mol. The van der Waals surface area contributed by atoms with Crippen molar-refractivity contribution in [3.63, 3.8) is 0 Å². The van der Waals surface area contributed by atoms with Crippen LogP contribution in [0.25, 0.3) is 0 Å². The maximum Gasteiger partial charge on any atom is 0.121 e. The second kappa shape index (κ2) is 6.13. The molecule has 0 saturated carbocycles. The Morgan fingerprint density at radius 3 is 2.80 bits per heavy atom. The number of aromatic hydroxyl groups is 1. The molecule has 84 valence electrons. The molecule has 0 aliphatic heterocycles. The van der Waals surface area contributed by atoms with E-state index in [0.29, 0.717) is 5.75 Å². The molecule has 2 nitrogen and oxygen atoms in total. The molecule has 1 atom stereocenters. The van der Waals surface area contributed by atoms with Crippen molar-refractivity contribution in [1.29, 1.82) is 0 Å². The highest BCUT2D eigenvalue weighted by Gasteiger charge is 2.09. The van der Waals surface area contributed by atoms with E-state index in [1.54, 1.807) is 6.07 Å². The van der Waals surface area contributed by atoms with Crippen LogP contribution in [0.15, 0.2) is 22.7 Å². The van der Waals surface area contributed by atoms with Gasteiger partial charge in [-0.15, -0.1) is 0 Å². The summed E-state index contributed by atoms with van der Waals surface area (Å²) in [5.74, 6) is 0.348. The first kappa shape index (κ1) is 12.5. The molecule has 0 radical (unpaired) electrons. The number of rotatable bonds is 5. The fraction of sp³-hybridized carbons (Fsp3) is 0.500. The molecule has 0 saturated heterocycles. The van der Waals surface area contributed by atoms with Crippen LogP contribution in [0.5, 0.6) is 5.75 Å². The van der Waals surface area contributed by atoms with Crippen LogP contribution >= 0.6 is 15.9 Å². The van der Waals surface area contributed by atoms with Gasteiger partial charge in [-0.05, 0) is 32.0 Å². The Labute approximate surface area is 99.8 Å². The van der Waals surface area contributed by atoms with E-state index in [4.69, 9.17) is 0 Å². The minimum absolute atomic E-state index is 0.199. The van der Waals surface area contributed by atoms with Crippen molar-refractivity contribution in [1.82, 2.24) is 5.32 Å². The Bertz CT molecular complexity index is 314. The first-order chi connectivity index (χ1) is 7.15. The van der Waals surface area contributed by atoms with Gasteiger partial charge in [-0.2, -0.15) is 0 Å². The van der Waals surface area contributed by atoms with Crippen LogP contribution in [0.4, 0.5) is 0 Å². The van der Waals surface area contributed by atoms with E-state index in [1.807, 2.05) is 12.1 Å². The lowest BCUT2D eigenvalue weighted by Crippen LogP contribution is -2.19. The van der Waals surface area contributed by atoms with Crippen molar-refractivity contribution in [3.8, 4) is 5.75 Å². The summed E-state index contributed by atoms with van der Waals surface area (Å²) in [5.41, 5.74) is 0.953. The molecule has 15 heavy (non-hydrogen) atoms. The number of nitrogens with one attached hydrogen (secondary N) is 1. The molecule has 3 heteroatoms. The molecule has 0 bridgehead atoms. The predicted octanol–water partition coefficient (Wildman–Crippen LogP) is 3.61. The van der Waals surface area contributed by atoms with Gasteiger partial charge in [-0.3, -0.25) is 0 Å². The fourth-order valence-corrected chi connectivity index (χ4v) is 1.84. The van der Waals surface area contributed by atoms with Crippen LogP contribution in [-0.2, 0) is 0 Å². The number of unbranched alkanes of at least 4 members (excludes halogenated alkanes) is 1. The average Bonchev–Trinajstić information content (AvgIpc) is 2.17. The summed E-state index contributed by atoms with van der Waals surface area (Å²) < 4.78 is 0.907. The standard InChI is InChI=1S/C12H18BrNO/c1-3-4-7-14-9(2)11-6-5-10(13)8-12(11)15/h5-6,8-9,14-15H,3-4,7H2,1-2H3. The number of halogens is 1. The smallest absolute Gasteiger partial charge is 0.121 e. The quantitative estimate of drug-likeness (QED) is 0.802. The van der Waals surface area contributed by atoms with E-state index in [0.717, 1.165) is 16.6 Å². The second-order valence-electron chi connectivity index (χ2n) is 3.73. The fourth-order valence-electron chi connectivity index (χ4n) is 1.49. The zero-order chi connectivity index (χ0) is 11.3. The van der Waals surface area contributed by atoms with E-state index in [1.165, 1.54) is 12.8 Å². The van der Waals surface area contributed by atoms with Crippen LogP contribution < -0.4 is 5.32 Å². The summed E-state index contributed by atoms with van der Waals surface area (Å²) in [7, 11) is 0. The van der Waals surface area contributed by atoms with Gasteiger partial charge in [0.15, 0.2) is 0 Å². The Hall–Kier alpha value is -0.540. The van der Waals surface area contributed by atoms with Gasteiger partial charge in [0.25, 0.3) is 0 Å². The average molecular weight is 272 g/mol. The van der Waals surface area contributed by atoms with Crippen molar-refractivity contribution in [2.75, 3.05) is 6.54 Å². The Balaban J connectivity index is 2.61. The minimum Gasteiger partial charge on any atom is -0.508 e. The van der Waals surface area contributed by atoms with Crippen molar-refractivity contribution in [2.24, 2.45) is 0 Å². The second-order valence-corrected chi connectivity index (χ2v) is 4.65. The summed E-state index contributed by atoms with van der Waals surface area (Å²) in [6, 6.07) is 5.83. The molecule has 1 aromatic rings. The first-order valence-corrected chi connectivity index (χ1v) is 6.16. The zero-order valence-corrected chi connectivity index (χ0v) is 10.8. The van der Waals surface area contributed by atoms with Gasteiger partial charge < -0.3 is 10.4 Å². The van der Waals surface area contributed by atoms with E-state index < -0.39 is 0 Å². The SMILES string of the molecule is CCCCNC(C)c1ccc(Br)cc1O. The van der Waals surface area contributed by atoms with Crippen LogP contribution in [0.2, 0.25) is 0 Å². The van der Waals surface area contributed by atoms with Gasteiger partial charge in [-0.25, -0.2) is 0 Å². The third kappa shape index (κ3) is 3.84. The van der Waals surface area contributed by atoms with Crippen LogP contribution in [0, 0.1) is 0 Å². The molecule has 2 N–H and O–H groups in total. The third-order valence-corrected chi connectivity index (χ3v) is 2.93. The largest absolute Gasteiger partial charge is 0.508 e. The highest BCUT2D eigenvalue weighted by atomic mass is 79.9. The van der Waals surface area contributed by atoms with E-state index >= 15 is 0 Å². The molecule has 0 heterocycles. The Kier molecular flexibility index (Phi) is 5.12. The number of hydrogen-bond acceptors (Lipinski definition) is 2. The molecule has 1 unspecified atom stereocenters. The molecular formula is C12H18BrNO. The molecule has 0 spiro atoms. The zero-order valence-electron chi connectivity index (χ0n) is 9.26. The van der Waals surface area contributed by atoms with Crippen LogP contribution in [0.1, 0.15) is 38.3 Å².